The van der Waals surface area contributed by atoms with Gasteiger partial charge in [-0.25, -0.2) is 4.39 Å². The Morgan fingerprint density at radius 2 is 2.06 bits per heavy atom. The summed E-state index contributed by atoms with van der Waals surface area (Å²) >= 11 is 0. The molecular weight excluding hydrogens is 217 g/mol. The first-order chi connectivity index (χ1) is 8.31. The van der Waals surface area contributed by atoms with Crippen molar-refractivity contribution in [2.75, 3.05) is 0 Å². The fraction of sp³-hybridized carbons (Fsp3) is 0. The highest BCUT2D eigenvalue weighted by Crippen LogP contribution is 2.17. The van der Waals surface area contributed by atoms with E-state index < -0.39 is 0 Å². The first-order valence-corrected chi connectivity index (χ1v) is 5.06. The predicted molar refractivity (Wildman–Crippen MR) is 64.2 cm³/mol. The minimum atomic E-state index is -0.371. The van der Waals surface area contributed by atoms with Crippen molar-refractivity contribution in [3.63, 3.8) is 0 Å². The van der Waals surface area contributed by atoms with Gasteiger partial charge in [-0.2, -0.15) is 0 Å². The van der Waals surface area contributed by atoms with Crippen molar-refractivity contribution < 1.29 is 9.18 Å². The fourth-order valence-corrected chi connectivity index (χ4v) is 1.44. The predicted octanol–water partition coefficient (Wildman–Crippen LogP) is 2.87. The normalized spacial score (nSPS) is 11.2. The summed E-state index contributed by atoms with van der Waals surface area (Å²) in [6.45, 7) is 0. The van der Waals surface area contributed by atoms with Gasteiger partial charge in [0.15, 0.2) is 0 Å². The highest BCUT2D eigenvalue weighted by atomic mass is 19.1. The van der Waals surface area contributed by atoms with Crippen LogP contribution in [-0.2, 0) is 4.79 Å². The van der Waals surface area contributed by atoms with Gasteiger partial charge in [0.25, 0.3) is 0 Å². The van der Waals surface area contributed by atoms with Gasteiger partial charge in [-0.1, -0.05) is 24.3 Å². The molecule has 2 nitrogen and oxygen atoms in total. The third-order valence-electron chi connectivity index (χ3n) is 2.29. The van der Waals surface area contributed by atoms with Crippen molar-refractivity contribution in [3.8, 4) is 0 Å². The van der Waals surface area contributed by atoms with Crippen LogP contribution < -0.4 is 0 Å². The Kier molecular flexibility index (Phi) is 3.40. The maximum Gasteiger partial charge on any atom is 0.234 e. The second-order valence-electron chi connectivity index (χ2n) is 3.42. The van der Waals surface area contributed by atoms with Gasteiger partial charge in [-0.15, -0.1) is 0 Å². The third-order valence-corrected chi connectivity index (χ3v) is 2.29. The van der Waals surface area contributed by atoms with Gasteiger partial charge in [-0.3, -0.25) is 9.78 Å². The molecule has 2 aromatic rings. The van der Waals surface area contributed by atoms with E-state index >= 15 is 0 Å². The SMILES string of the molecule is O=[C]C(=Cc1ccccc1F)c1cccnc1. The molecule has 0 atom stereocenters. The number of nitrogens with zero attached hydrogens (tertiary/aromatic N) is 1. The van der Waals surface area contributed by atoms with Crippen LogP contribution in [0.4, 0.5) is 4.39 Å². The molecular formula is C14H9FNO. The zero-order chi connectivity index (χ0) is 12.1. The Balaban J connectivity index is 2.44. The smallest absolute Gasteiger partial charge is 0.234 e. The van der Waals surface area contributed by atoms with Gasteiger partial charge in [-0.05, 0) is 18.2 Å². The molecule has 0 saturated carbocycles. The molecule has 1 aromatic heterocycles. The summed E-state index contributed by atoms with van der Waals surface area (Å²) in [5.41, 5.74) is 1.25. The standard InChI is InChI=1S/C14H9FNO/c15-14-6-2-1-4-11(14)8-13(10-17)12-5-3-7-16-9-12/h1-9H. The molecule has 2 rings (SSSR count). The molecule has 0 unspecified atom stereocenters. The van der Waals surface area contributed by atoms with Crippen LogP contribution in [0.25, 0.3) is 11.6 Å². The molecule has 0 amide bonds. The largest absolute Gasteiger partial charge is 0.285 e. The van der Waals surface area contributed by atoms with Crippen molar-refractivity contribution in [2.45, 2.75) is 0 Å². The number of rotatable bonds is 3. The lowest BCUT2D eigenvalue weighted by molar-refractivity contribution is 0.565. The Hall–Kier alpha value is -2.29. The molecule has 0 saturated heterocycles. The van der Waals surface area contributed by atoms with E-state index in [1.165, 1.54) is 18.3 Å². The summed E-state index contributed by atoms with van der Waals surface area (Å²) in [4.78, 5) is 14.8. The maximum absolute atomic E-state index is 13.4. The van der Waals surface area contributed by atoms with Gasteiger partial charge in [0.2, 0.25) is 6.29 Å². The molecule has 83 valence electrons. The molecule has 0 aliphatic heterocycles. The van der Waals surface area contributed by atoms with E-state index in [0.29, 0.717) is 11.1 Å². The molecule has 0 N–H and O–H groups in total. The van der Waals surface area contributed by atoms with Gasteiger partial charge < -0.3 is 0 Å². The second-order valence-corrected chi connectivity index (χ2v) is 3.42. The minimum absolute atomic E-state index is 0.281. The van der Waals surface area contributed by atoms with Crippen molar-refractivity contribution in [2.24, 2.45) is 0 Å². The molecule has 0 bridgehead atoms. The van der Waals surface area contributed by atoms with Gasteiger partial charge in [0, 0.05) is 29.1 Å². The van der Waals surface area contributed by atoms with Crippen LogP contribution in [-0.4, -0.2) is 11.3 Å². The minimum Gasteiger partial charge on any atom is -0.285 e. The zero-order valence-corrected chi connectivity index (χ0v) is 8.93. The van der Waals surface area contributed by atoms with Crippen molar-refractivity contribution in [3.05, 3.63) is 65.7 Å². The van der Waals surface area contributed by atoms with Gasteiger partial charge in [0.05, 0.1) is 0 Å². The highest BCUT2D eigenvalue weighted by Gasteiger charge is 2.03. The zero-order valence-electron chi connectivity index (χ0n) is 8.93. The van der Waals surface area contributed by atoms with Crippen LogP contribution in [0.3, 0.4) is 0 Å². The monoisotopic (exact) mass is 226 g/mol. The summed E-state index contributed by atoms with van der Waals surface area (Å²) in [6.07, 6.45) is 6.40. The molecule has 1 radical (unpaired) electrons. The van der Waals surface area contributed by atoms with Gasteiger partial charge >= 0.3 is 0 Å². The van der Waals surface area contributed by atoms with Crippen LogP contribution in [0.5, 0.6) is 0 Å². The number of halogens is 1. The van der Waals surface area contributed by atoms with Crippen LogP contribution in [0.1, 0.15) is 11.1 Å². The van der Waals surface area contributed by atoms with E-state index in [4.69, 9.17) is 0 Å². The van der Waals surface area contributed by atoms with E-state index in [2.05, 4.69) is 4.98 Å². The number of carbonyl (C=O) groups excluding carboxylic acids is 1. The molecule has 3 heteroatoms. The van der Waals surface area contributed by atoms with E-state index in [1.807, 2.05) is 0 Å². The number of hydrogen-bond acceptors (Lipinski definition) is 2. The number of hydrogen-bond donors (Lipinski definition) is 0. The molecule has 0 spiro atoms. The van der Waals surface area contributed by atoms with E-state index in [0.717, 1.165) is 0 Å². The Morgan fingerprint density at radius 3 is 2.71 bits per heavy atom. The Labute approximate surface area is 98.4 Å². The number of pyridine rings is 1. The van der Waals surface area contributed by atoms with Crippen molar-refractivity contribution in [1.82, 2.24) is 4.98 Å². The number of allylic oxidation sites excluding steroid dienone is 1. The average Bonchev–Trinajstić information content (AvgIpc) is 2.39. The average molecular weight is 226 g/mol. The quantitative estimate of drug-likeness (QED) is 0.753. The second kappa shape index (κ2) is 5.16. The molecule has 0 aliphatic rings. The highest BCUT2D eigenvalue weighted by molar-refractivity contribution is 6.13. The molecule has 0 fully saturated rings. The van der Waals surface area contributed by atoms with Crippen LogP contribution >= 0.6 is 0 Å². The Morgan fingerprint density at radius 1 is 1.24 bits per heavy atom. The molecule has 17 heavy (non-hydrogen) atoms. The summed E-state index contributed by atoms with van der Waals surface area (Å²) < 4.78 is 13.4. The van der Waals surface area contributed by atoms with E-state index in [1.54, 1.807) is 42.8 Å². The molecule has 0 aliphatic carbocycles. The summed E-state index contributed by atoms with van der Waals surface area (Å²) in [5, 5.41) is 0. The lowest BCUT2D eigenvalue weighted by Crippen LogP contribution is -1.88. The van der Waals surface area contributed by atoms with Crippen LogP contribution in [0, 0.1) is 5.82 Å². The molecule has 1 heterocycles. The van der Waals surface area contributed by atoms with Gasteiger partial charge in [0.1, 0.15) is 5.82 Å². The first kappa shape index (κ1) is 11.2. The third kappa shape index (κ3) is 2.64. The summed E-state index contributed by atoms with van der Waals surface area (Å²) in [6, 6.07) is 9.69. The van der Waals surface area contributed by atoms with E-state index in [-0.39, 0.29) is 11.4 Å². The summed E-state index contributed by atoms with van der Waals surface area (Å²) in [5.74, 6) is -0.371. The summed E-state index contributed by atoms with van der Waals surface area (Å²) in [7, 11) is 0. The number of aromatic nitrogens is 1. The number of benzene rings is 1. The first-order valence-electron chi connectivity index (χ1n) is 5.06. The topological polar surface area (TPSA) is 30.0 Å². The van der Waals surface area contributed by atoms with E-state index in [9.17, 15) is 9.18 Å². The van der Waals surface area contributed by atoms with Crippen LogP contribution in [0.15, 0.2) is 48.8 Å². The van der Waals surface area contributed by atoms with Crippen molar-refractivity contribution >= 4 is 17.9 Å². The molecule has 1 aromatic carbocycles. The lowest BCUT2D eigenvalue weighted by atomic mass is 10.1. The Bertz CT molecular complexity index is 549. The van der Waals surface area contributed by atoms with Crippen LogP contribution in [0.2, 0.25) is 0 Å². The lowest BCUT2D eigenvalue weighted by Gasteiger charge is -2.00. The van der Waals surface area contributed by atoms with Crippen molar-refractivity contribution in [1.29, 1.82) is 0 Å². The maximum atomic E-state index is 13.4. The fourth-order valence-electron chi connectivity index (χ4n) is 1.44.